The van der Waals surface area contributed by atoms with Gasteiger partial charge in [0.25, 0.3) is 0 Å². The van der Waals surface area contributed by atoms with Crippen molar-refractivity contribution < 1.29 is 9.53 Å². The number of ether oxygens (including phenoxy) is 1. The number of methoxy groups -OCH3 is 1. The summed E-state index contributed by atoms with van der Waals surface area (Å²) in [5, 5.41) is 2.93. The summed E-state index contributed by atoms with van der Waals surface area (Å²) in [6, 6.07) is 4.18. The number of carbonyl (C=O) groups excluding carboxylic acids is 1. The molecule has 136 valence electrons. The van der Waals surface area contributed by atoms with Crippen LogP contribution in [-0.2, 0) is 22.0 Å². The molecular formula is C20H34N2O2. The van der Waals surface area contributed by atoms with Crippen LogP contribution in [0.4, 0.5) is 0 Å². The maximum absolute atomic E-state index is 12.3. The molecule has 3 N–H and O–H groups in total. The lowest BCUT2D eigenvalue weighted by Gasteiger charge is -2.30. The highest BCUT2D eigenvalue weighted by Gasteiger charge is 2.27. The smallest absolute Gasteiger partial charge is 0.224 e. The van der Waals surface area contributed by atoms with E-state index in [1.807, 2.05) is 6.92 Å². The SMILES string of the molecule is COc1c(C(C)(C)C)cc(CC(=O)NC(C)CN)cc1C(C)(C)C. The molecule has 0 bridgehead atoms. The Balaban J connectivity index is 3.35. The van der Waals surface area contributed by atoms with Gasteiger partial charge in [-0.3, -0.25) is 4.79 Å². The highest BCUT2D eigenvalue weighted by molar-refractivity contribution is 5.79. The molecular weight excluding hydrogens is 300 g/mol. The van der Waals surface area contributed by atoms with Crippen molar-refractivity contribution in [2.45, 2.75) is 71.8 Å². The molecule has 1 aromatic carbocycles. The predicted molar refractivity (Wildman–Crippen MR) is 101 cm³/mol. The van der Waals surface area contributed by atoms with Gasteiger partial charge in [-0.1, -0.05) is 53.7 Å². The molecule has 1 unspecified atom stereocenters. The summed E-state index contributed by atoms with van der Waals surface area (Å²) in [5.74, 6) is 0.923. The maximum atomic E-state index is 12.3. The fourth-order valence-corrected chi connectivity index (χ4v) is 2.69. The largest absolute Gasteiger partial charge is 0.496 e. The number of amides is 1. The Morgan fingerprint density at radius 2 is 1.58 bits per heavy atom. The van der Waals surface area contributed by atoms with Crippen LogP contribution in [0.5, 0.6) is 5.75 Å². The van der Waals surface area contributed by atoms with Crippen LogP contribution in [-0.4, -0.2) is 25.6 Å². The van der Waals surface area contributed by atoms with Crippen LogP contribution in [0.2, 0.25) is 0 Å². The third-order valence-corrected chi connectivity index (χ3v) is 4.09. The first-order valence-electron chi connectivity index (χ1n) is 8.61. The van der Waals surface area contributed by atoms with Gasteiger partial charge in [-0.15, -0.1) is 0 Å². The number of rotatable bonds is 5. The number of nitrogens with two attached hydrogens (primary N) is 1. The third-order valence-electron chi connectivity index (χ3n) is 4.09. The van der Waals surface area contributed by atoms with Crippen LogP contribution >= 0.6 is 0 Å². The van der Waals surface area contributed by atoms with Crippen molar-refractivity contribution in [3.05, 3.63) is 28.8 Å². The second-order valence-electron chi connectivity index (χ2n) is 8.61. The van der Waals surface area contributed by atoms with E-state index < -0.39 is 0 Å². The molecule has 4 heteroatoms. The van der Waals surface area contributed by atoms with Crippen LogP contribution in [0, 0.1) is 0 Å². The van der Waals surface area contributed by atoms with Crippen molar-refractivity contribution >= 4 is 5.91 Å². The standard InChI is InChI=1S/C20H34N2O2/c1-13(12-21)22-17(23)11-14-9-15(19(2,3)4)18(24-8)16(10-14)20(5,6)7/h9-10,13H,11-12,21H2,1-8H3,(H,22,23). The molecule has 0 aliphatic heterocycles. The number of benzene rings is 1. The Morgan fingerprint density at radius 3 is 1.92 bits per heavy atom. The van der Waals surface area contributed by atoms with Gasteiger partial charge < -0.3 is 15.8 Å². The van der Waals surface area contributed by atoms with Gasteiger partial charge in [0.05, 0.1) is 13.5 Å². The Kier molecular flexibility index (Phi) is 6.45. The average Bonchev–Trinajstić information content (AvgIpc) is 2.44. The van der Waals surface area contributed by atoms with Gasteiger partial charge in [-0.25, -0.2) is 0 Å². The van der Waals surface area contributed by atoms with E-state index in [0.717, 1.165) is 22.4 Å². The van der Waals surface area contributed by atoms with E-state index in [0.29, 0.717) is 13.0 Å². The molecule has 0 aliphatic carbocycles. The molecule has 0 spiro atoms. The van der Waals surface area contributed by atoms with Gasteiger partial charge in [0, 0.05) is 23.7 Å². The summed E-state index contributed by atoms with van der Waals surface area (Å²) in [6.45, 7) is 15.3. The van der Waals surface area contributed by atoms with Crippen molar-refractivity contribution in [1.82, 2.24) is 5.32 Å². The molecule has 0 saturated heterocycles. The van der Waals surface area contributed by atoms with Crippen LogP contribution < -0.4 is 15.8 Å². The van der Waals surface area contributed by atoms with Crippen LogP contribution in [0.1, 0.15) is 65.2 Å². The lowest BCUT2D eigenvalue weighted by Crippen LogP contribution is -2.38. The van der Waals surface area contributed by atoms with E-state index in [9.17, 15) is 4.79 Å². The summed E-state index contributed by atoms with van der Waals surface area (Å²) in [7, 11) is 1.72. The zero-order chi connectivity index (χ0) is 18.7. The highest BCUT2D eigenvalue weighted by Crippen LogP contribution is 2.40. The molecule has 1 rings (SSSR count). The Morgan fingerprint density at radius 1 is 1.12 bits per heavy atom. The summed E-state index contributed by atoms with van der Waals surface area (Å²) < 4.78 is 5.75. The lowest BCUT2D eigenvalue weighted by molar-refractivity contribution is -0.120. The molecule has 0 aromatic heterocycles. The van der Waals surface area contributed by atoms with Crippen molar-refractivity contribution in [3.8, 4) is 5.75 Å². The molecule has 24 heavy (non-hydrogen) atoms. The highest BCUT2D eigenvalue weighted by atomic mass is 16.5. The van der Waals surface area contributed by atoms with Crippen LogP contribution in [0.3, 0.4) is 0 Å². The normalized spacial score (nSPS) is 13.5. The van der Waals surface area contributed by atoms with Gasteiger partial charge in [0.1, 0.15) is 5.75 Å². The first kappa shape index (κ1) is 20.5. The van der Waals surface area contributed by atoms with Crippen LogP contribution in [0.25, 0.3) is 0 Å². The number of hydrogen-bond donors (Lipinski definition) is 2. The van der Waals surface area contributed by atoms with E-state index in [4.69, 9.17) is 10.5 Å². The lowest BCUT2D eigenvalue weighted by atomic mass is 9.78. The number of hydrogen-bond acceptors (Lipinski definition) is 3. The molecule has 0 aliphatic rings. The van der Waals surface area contributed by atoms with Crippen molar-refractivity contribution in [3.63, 3.8) is 0 Å². The van der Waals surface area contributed by atoms with Gasteiger partial charge in [-0.05, 0) is 23.3 Å². The number of nitrogens with one attached hydrogen (secondary N) is 1. The molecule has 1 aromatic rings. The second kappa shape index (κ2) is 7.56. The van der Waals surface area contributed by atoms with E-state index in [-0.39, 0.29) is 22.8 Å². The maximum Gasteiger partial charge on any atom is 0.224 e. The van der Waals surface area contributed by atoms with E-state index in [1.54, 1.807) is 7.11 Å². The van der Waals surface area contributed by atoms with Gasteiger partial charge in [0.15, 0.2) is 0 Å². The van der Waals surface area contributed by atoms with E-state index >= 15 is 0 Å². The van der Waals surface area contributed by atoms with Crippen molar-refractivity contribution in [2.75, 3.05) is 13.7 Å². The average molecular weight is 335 g/mol. The zero-order valence-corrected chi connectivity index (χ0v) is 16.5. The molecule has 1 amide bonds. The van der Waals surface area contributed by atoms with Crippen molar-refractivity contribution in [2.24, 2.45) is 5.73 Å². The Hall–Kier alpha value is -1.55. The molecule has 0 radical (unpaired) electrons. The quantitative estimate of drug-likeness (QED) is 0.868. The molecule has 4 nitrogen and oxygen atoms in total. The Bertz CT molecular complexity index is 545. The fourth-order valence-electron chi connectivity index (χ4n) is 2.69. The topological polar surface area (TPSA) is 64.3 Å². The second-order valence-corrected chi connectivity index (χ2v) is 8.61. The molecule has 1 atom stereocenters. The zero-order valence-electron chi connectivity index (χ0n) is 16.5. The minimum absolute atomic E-state index is 0.00200. The van der Waals surface area contributed by atoms with Gasteiger partial charge >= 0.3 is 0 Å². The predicted octanol–water partition coefficient (Wildman–Crippen LogP) is 3.30. The van der Waals surface area contributed by atoms with E-state index in [1.165, 1.54) is 0 Å². The monoisotopic (exact) mass is 334 g/mol. The summed E-state index contributed by atoms with van der Waals surface area (Å²) in [4.78, 5) is 12.3. The molecule has 0 heterocycles. The van der Waals surface area contributed by atoms with Crippen LogP contribution in [0.15, 0.2) is 12.1 Å². The first-order chi connectivity index (χ1) is 10.9. The minimum atomic E-state index is -0.0671. The summed E-state index contributed by atoms with van der Waals surface area (Å²) in [6.07, 6.45) is 0.348. The minimum Gasteiger partial charge on any atom is -0.496 e. The van der Waals surface area contributed by atoms with Crippen molar-refractivity contribution in [1.29, 1.82) is 0 Å². The summed E-state index contributed by atoms with van der Waals surface area (Å²) in [5.41, 5.74) is 8.72. The van der Waals surface area contributed by atoms with Gasteiger partial charge in [-0.2, -0.15) is 0 Å². The number of carbonyl (C=O) groups is 1. The first-order valence-corrected chi connectivity index (χ1v) is 8.61. The van der Waals surface area contributed by atoms with Gasteiger partial charge in [0.2, 0.25) is 5.91 Å². The fraction of sp³-hybridized carbons (Fsp3) is 0.650. The molecule has 0 saturated carbocycles. The van der Waals surface area contributed by atoms with E-state index in [2.05, 4.69) is 59.0 Å². The molecule has 0 fully saturated rings. The Labute approximate surface area is 147 Å². The summed E-state index contributed by atoms with van der Waals surface area (Å²) >= 11 is 0. The third kappa shape index (κ3) is 5.23.